The maximum atomic E-state index is 14.6. The van der Waals surface area contributed by atoms with Crippen LogP contribution in [0.3, 0.4) is 0 Å². The minimum Gasteiger partial charge on any atom is -0.459 e. The fourth-order valence-electron chi connectivity index (χ4n) is 11.6. The van der Waals surface area contributed by atoms with Gasteiger partial charge in [0.15, 0.2) is 12.6 Å². The van der Waals surface area contributed by atoms with Crippen LogP contribution in [0.2, 0.25) is 0 Å². The van der Waals surface area contributed by atoms with Crippen molar-refractivity contribution in [2.24, 2.45) is 0 Å². The van der Waals surface area contributed by atoms with E-state index >= 15 is 0 Å². The van der Waals surface area contributed by atoms with E-state index in [9.17, 15) is 19.8 Å². The smallest absolute Gasteiger partial charge is 0.338 e. The molecule has 12 nitrogen and oxygen atoms in total. The molecule has 0 bridgehead atoms. The van der Waals surface area contributed by atoms with E-state index in [4.69, 9.17) is 18.9 Å². The molecule has 4 heterocycles. The van der Waals surface area contributed by atoms with E-state index in [2.05, 4.69) is 132 Å². The molecule has 4 fully saturated rings. The molecule has 0 radical (unpaired) electrons. The summed E-state index contributed by atoms with van der Waals surface area (Å²) in [6, 6.07) is 2.90. The van der Waals surface area contributed by atoms with Gasteiger partial charge >= 0.3 is 11.9 Å². The number of nitrogens with one attached hydrogen (secondary N) is 4. The molecule has 4 saturated heterocycles. The number of hydrogen-bond acceptors (Lipinski definition) is 12. The normalized spacial score (nSPS) is 27.6. The Morgan fingerprint density at radius 1 is 0.448 bits per heavy atom. The average molecular weight is 815 g/mol. The molecular weight excluding hydrogens is 737 g/mol. The summed E-state index contributed by atoms with van der Waals surface area (Å²) < 4.78 is 25.5. The molecule has 1 aromatic carbocycles. The highest BCUT2D eigenvalue weighted by atomic mass is 16.6. The summed E-state index contributed by atoms with van der Waals surface area (Å²) >= 11 is 0. The Labute approximate surface area is 349 Å². The Morgan fingerprint density at radius 2 is 0.655 bits per heavy atom. The van der Waals surface area contributed by atoms with Gasteiger partial charge in [0.05, 0.1) is 23.3 Å². The van der Waals surface area contributed by atoms with Gasteiger partial charge in [-0.05, 0) is 149 Å². The Kier molecular flexibility index (Phi) is 12.9. The number of rotatable bonds is 10. The molecule has 4 aliphatic rings. The van der Waals surface area contributed by atoms with Crippen LogP contribution in [-0.4, -0.2) is 90.9 Å². The van der Waals surface area contributed by atoms with Crippen molar-refractivity contribution < 1.29 is 38.7 Å². The maximum absolute atomic E-state index is 14.6. The van der Waals surface area contributed by atoms with Gasteiger partial charge in [-0.2, -0.15) is 0 Å². The van der Waals surface area contributed by atoms with Gasteiger partial charge in [0.2, 0.25) is 0 Å². The number of esters is 2. The van der Waals surface area contributed by atoms with Gasteiger partial charge in [-0.1, -0.05) is 0 Å². The van der Waals surface area contributed by atoms with Crippen LogP contribution >= 0.6 is 0 Å². The molecule has 5 rings (SSSR count). The van der Waals surface area contributed by atoms with E-state index in [1.54, 1.807) is 0 Å². The van der Waals surface area contributed by atoms with Gasteiger partial charge < -0.3 is 50.4 Å². The number of ether oxygens (including phenoxy) is 4. The van der Waals surface area contributed by atoms with Crippen LogP contribution in [-0.2, 0) is 18.9 Å². The van der Waals surface area contributed by atoms with Crippen LogP contribution in [0.15, 0.2) is 12.1 Å². The lowest BCUT2D eigenvalue weighted by atomic mass is 9.80. The van der Waals surface area contributed by atoms with E-state index < -0.39 is 36.7 Å². The van der Waals surface area contributed by atoms with Crippen LogP contribution in [0, 0.1) is 0 Å². The van der Waals surface area contributed by atoms with Crippen molar-refractivity contribution in [3.8, 4) is 0 Å². The van der Waals surface area contributed by atoms with Gasteiger partial charge in [0.1, 0.15) is 12.2 Å². The third-order valence-corrected chi connectivity index (χ3v) is 12.0. The topological polar surface area (TPSA) is 160 Å². The zero-order valence-electron chi connectivity index (χ0n) is 38.6. The monoisotopic (exact) mass is 815 g/mol. The van der Waals surface area contributed by atoms with E-state index in [0.717, 1.165) is 0 Å². The predicted molar refractivity (Wildman–Crippen MR) is 227 cm³/mol. The average Bonchev–Trinajstić information content (AvgIpc) is 2.93. The Balaban J connectivity index is 1.60. The van der Waals surface area contributed by atoms with E-state index in [0.29, 0.717) is 51.4 Å². The zero-order chi connectivity index (χ0) is 43.7. The number of aliphatic hydroxyl groups excluding tert-OH is 2. The third-order valence-electron chi connectivity index (χ3n) is 12.0. The Hall–Kier alpha value is -2.16. The van der Waals surface area contributed by atoms with Gasteiger partial charge in [-0.3, -0.25) is 0 Å². The quantitative estimate of drug-likeness (QED) is 0.104. The summed E-state index contributed by atoms with van der Waals surface area (Å²) in [5, 5.41) is 38.7. The van der Waals surface area contributed by atoms with Crippen molar-refractivity contribution >= 4 is 11.9 Å². The molecule has 0 aromatic heterocycles. The molecular formula is C46H78N4O8. The highest BCUT2D eigenvalue weighted by molar-refractivity contribution is 5.96. The third kappa shape index (κ3) is 12.5. The number of hydrogen-bond donors (Lipinski definition) is 6. The molecule has 2 atom stereocenters. The first kappa shape index (κ1) is 46.9. The molecule has 330 valence electrons. The number of benzene rings is 1. The molecule has 0 aliphatic carbocycles. The van der Waals surface area contributed by atoms with Crippen molar-refractivity contribution in [3.63, 3.8) is 0 Å². The summed E-state index contributed by atoms with van der Waals surface area (Å²) in [7, 11) is 0. The lowest BCUT2D eigenvalue weighted by Gasteiger charge is -2.47. The second-order valence-electron chi connectivity index (χ2n) is 23.5. The highest BCUT2D eigenvalue weighted by Crippen LogP contribution is 2.39. The standard InChI is InChI=1S/C46H78N4O8/c1-39(2)19-27(20-40(3,4)47-39)55-35(51)31-17-33(37(53)57-29-23-43(9,10)49-44(11,12)24-29)34(38(54)58-30-25-45(13,14)50-46(15,16)26-30)18-32(31)36(52)56-28-21-41(5,6)48-42(7,8)22-28/h17-18,27-30,35,38,47-51,54H,19-26H2,1-16H3. The van der Waals surface area contributed by atoms with Crippen molar-refractivity contribution in [1.82, 2.24) is 21.3 Å². The first-order valence-corrected chi connectivity index (χ1v) is 21.6. The van der Waals surface area contributed by atoms with Gasteiger partial charge in [0, 0.05) is 81.1 Å². The maximum Gasteiger partial charge on any atom is 0.338 e. The number of carbonyl (C=O) groups excluding carboxylic acids is 2. The van der Waals surface area contributed by atoms with Crippen molar-refractivity contribution in [1.29, 1.82) is 0 Å². The first-order valence-electron chi connectivity index (χ1n) is 21.6. The molecule has 0 spiro atoms. The summed E-state index contributed by atoms with van der Waals surface area (Å²) in [5.74, 6) is -1.36. The summed E-state index contributed by atoms with van der Waals surface area (Å²) in [5.41, 5.74) is -2.19. The van der Waals surface area contributed by atoms with Crippen molar-refractivity contribution in [2.45, 2.75) is 243 Å². The number of carbonyl (C=O) groups is 2. The fraction of sp³-hybridized carbons (Fsp3) is 0.826. The fourth-order valence-corrected chi connectivity index (χ4v) is 11.6. The van der Waals surface area contributed by atoms with Crippen molar-refractivity contribution in [3.05, 3.63) is 34.4 Å². The van der Waals surface area contributed by atoms with Gasteiger partial charge in [0.25, 0.3) is 0 Å². The SMILES string of the molecule is CC1(C)CC(OC(=O)c2cc(C(O)OC3CC(C)(C)NC(C)(C)C3)c(C(=O)OC3CC(C)(C)NC(C)(C)C3)cc2C(O)OC2CC(C)(C)NC(C)(C)C2)CC(C)(C)N1. The van der Waals surface area contributed by atoms with Crippen molar-refractivity contribution in [2.75, 3.05) is 0 Å². The molecule has 0 amide bonds. The predicted octanol–water partition coefficient (Wildman–Crippen LogP) is 7.25. The van der Waals surface area contributed by atoms with Gasteiger partial charge in [-0.15, -0.1) is 0 Å². The molecule has 0 saturated carbocycles. The molecule has 1 aromatic rings. The number of aliphatic hydroxyl groups is 2. The second-order valence-corrected chi connectivity index (χ2v) is 23.5. The highest BCUT2D eigenvalue weighted by Gasteiger charge is 2.44. The first-order chi connectivity index (χ1) is 26.1. The second kappa shape index (κ2) is 15.9. The zero-order valence-corrected chi connectivity index (χ0v) is 38.6. The minimum atomic E-state index is -1.60. The van der Waals surface area contributed by atoms with Crippen LogP contribution < -0.4 is 21.3 Å². The summed E-state index contributed by atoms with van der Waals surface area (Å²) in [6.07, 6.45) is -0.0837. The van der Waals surface area contributed by atoms with E-state index in [-0.39, 0.29) is 78.8 Å². The van der Waals surface area contributed by atoms with E-state index in [1.165, 1.54) is 12.1 Å². The molecule has 12 heteroatoms. The molecule has 58 heavy (non-hydrogen) atoms. The largest absolute Gasteiger partial charge is 0.459 e. The molecule has 6 N–H and O–H groups in total. The van der Waals surface area contributed by atoms with Crippen LogP contribution in [0.5, 0.6) is 0 Å². The summed E-state index contributed by atoms with van der Waals surface area (Å²) in [4.78, 5) is 29.1. The summed E-state index contributed by atoms with van der Waals surface area (Å²) in [6.45, 7) is 33.4. The van der Waals surface area contributed by atoms with Gasteiger partial charge in [-0.25, -0.2) is 9.59 Å². The Morgan fingerprint density at radius 3 is 0.879 bits per heavy atom. The Bertz CT molecular complexity index is 1500. The van der Waals surface area contributed by atoms with Crippen LogP contribution in [0.25, 0.3) is 0 Å². The van der Waals surface area contributed by atoms with Crippen LogP contribution in [0.1, 0.15) is 207 Å². The minimum absolute atomic E-state index is 0.00148. The molecule has 2 unspecified atom stereocenters. The lowest BCUT2D eigenvalue weighted by molar-refractivity contribution is -0.164. The molecule has 4 aliphatic heterocycles. The lowest BCUT2D eigenvalue weighted by Crippen LogP contribution is -2.60. The van der Waals surface area contributed by atoms with Crippen LogP contribution in [0.4, 0.5) is 0 Å². The number of piperidine rings is 4. The van der Waals surface area contributed by atoms with E-state index in [1.807, 2.05) is 0 Å².